The summed E-state index contributed by atoms with van der Waals surface area (Å²) in [5.41, 5.74) is -0.578. The van der Waals surface area contributed by atoms with E-state index in [0.717, 1.165) is 0 Å². The van der Waals surface area contributed by atoms with Crippen molar-refractivity contribution in [3.8, 4) is 23.7 Å². The fourth-order valence-electron chi connectivity index (χ4n) is 1.37. The molecule has 0 aliphatic heterocycles. The number of aromatic amines is 1. The van der Waals surface area contributed by atoms with E-state index in [1.807, 2.05) is 0 Å². The van der Waals surface area contributed by atoms with Crippen LogP contribution in [0.2, 0.25) is 0 Å². The van der Waals surface area contributed by atoms with Crippen LogP contribution >= 0.6 is 0 Å². The fourth-order valence-corrected chi connectivity index (χ4v) is 1.37. The van der Waals surface area contributed by atoms with Crippen LogP contribution in [0.25, 0.3) is 0 Å². The highest BCUT2D eigenvalue weighted by molar-refractivity contribution is 5.72. The minimum Gasteiger partial charge on any atom is -0.443 e. The molecule has 0 atom stereocenters. The van der Waals surface area contributed by atoms with Gasteiger partial charge in [-0.25, -0.2) is 19.3 Å². The van der Waals surface area contributed by atoms with Gasteiger partial charge in [-0.15, -0.1) is 0 Å². The molecule has 1 N–H and O–H groups in total. The Bertz CT molecular complexity index is 743. The lowest BCUT2D eigenvalue weighted by Crippen LogP contribution is -2.27. The average molecular weight is 282 g/mol. The molecular formula is C15H14N4O2. The second kappa shape index (κ2) is 5.98. The first-order chi connectivity index (χ1) is 9.96. The summed E-state index contributed by atoms with van der Waals surface area (Å²) in [5.74, 6) is 11.5. The van der Waals surface area contributed by atoms with Crippen molar-refractivity contribution in [1.82, 2.24) is 19.5 Å². The van der Waals surface area contributed by atoms with Crippen LogP contribution in [0.5, 0.6) is 0 Å². The predicted molar refractivity (Wildman–Crippen MR) is 76.2 cm³/mol. The molecule has 0 amide bonds. The Hall–Kier alpha value is -2.99. The predicted octanol–water partition coefficient (Wildman–Crippen LogP) is 1.79. The zero-order valence-electron chi connectivity index (χ0n) is 12.0. The van der Waals surface area contributed by atoms with Gasteiger partial charge in [0.1, 0.15) is 5.60 Å². The number of carbonyl (C=O) groups is 1. The number of imidazole rings is 2. The van der Waals surface area contributed by atoms with E-state index >= 15 is 0 Å². The molecule has 21 heavy (non-hydrogen) atoms. The molecule has 0 aliphatic carbocycles. The van der Waals surface area contributed by atoms with Gasteiger partial charge < -0.3 is 9.72 Å². The molecule has 2 heterocycles. The van der Waals surface area contributed by atoms with Gasteiger partial charge in [0.25, 0.3) is 0 Å². The summed E-state index contributed by atoms with van der Waals surface area (Å²) >= 11 is 0. The first kappa shape index (κ1) is 14.4. The van der Waals surface area contributed by atoms with Crippen molar-refractivity contribution in [3.63, 3.8) is 0 Å². The minimum absolute atomic E-state index is 0.276. The van der Waals surface area contributed by atoms with Gasteiger partial charge in [-0.2, -0.15) is 0 Å². The van der Waals surface area contributed by atoms with Gasteiger partial charge in [-0.1, -0.05) is 0 Å². The first-order valence-corrected chi connectivity index (χ1v) is 6.24. The highest BCUT2D eigenvalue weighted by Gasteiger charge is 2.19. The summed E-state index contributed by atoms with van der Waals surface area (Å²) in [6.45, 7) is 5.38. The van der Waals surface area contributed by atoms with Crippen LogP contribution < -0.4 is 0 Å². The maximum atomic E-state index is 11.9. The molecule has 2 rings (SSSR count). The van der Waals surface area contributed by atoms with Crippen LogP contribution in [-0.4, -0.2) is 31.2 Å². The molecule has 0 radical (unpaired) electrons. The Labute approximate surface area is 122 Å². The number of carbonyl (C=O) groups excluding carboxylic acids is 1. The smallest absolute Gasteiger partial charge is 0.420 e. The summed E-state index contributed by atoms with van der Waals surface area (Å²) in [6.07, 6.45) is 5.73. The van der Waals surface area contributed by atoms with Gasteiger partial charge >= 0.3 is 6.09 Å². The summed E-state index contributed by atoms with van der Waals surface area (Å²) in [6, 6.07) is 0. The van der Waals surface area contributed by atoms with Crippen molar-refractivity contribution in [3.05, 3.63) is 36.4 Å². The summed E-state index contributed by atoms with van der Waals surface area (Å²) in [4.78, 5) is 22.7. The highest BCUT2D eigenvalue weighted by atomic mass is 16.6. The second-order valence-corrected chi connectivity index (χ2v) is 5.04. The Morgan fingerprint density at radius 2 is 2.00 bits per heavy atom. The quantitative estimate of drug-likeness (QED) is 0.748. The van der Waals surface area contributed by atoms with E-state index in [1.165, 1.54) is 17.0 Å². The molecule has 0 saturated heterocycles. The van der Waals surface area contributed by atoms with Crippen LogP contribution in [0.15, 0.2) is 24.8 Å². The third-order valence-corrected chi connectivity index (χ3v) is 2.15. The van der Waals surface area contributed by atoms with Gasteiger partial charge in [-0.3, -0.25) is 0 Å². The van der Waals surface area contributed by atoms with Crippen LogP contribution in [0, 0.1) is 23.7 Å². The van der Waals surface area contributed by atoms with Crippen molar-refractivity contribution in [1.29, 1.82) is 0 Å². The standard InChI is InChI=1S/C15H14N4O2/c1-15(2,3)21-14(20)19-11-10-18-13(19)7-5-4-6-12-16-8-9-17-12/h8-11H,1-3H3,(H,16,17). The third kappa shape index (κ3) is 4.26. The fraction of sp³-hybridized carbons (Fsp3) is 0.267. The topological polar surface area (TPSA) is 72.8 Å². The molecule has 6 heteroatoms. The molecule has 0 unspecified atom stereocenters. The number of hydrogen-bond donors (Lipinski definition) is 1. The van der Waals surface area contributed by atoms with Crippen LogP contribution in [0.4, 0.5) is 4.79 Å². The van der Waals surface area contributed by atoms with Crippen molar-refractivity contribution < 1.29 is 9.53 Å². The van der Waals surface area contributed by atoms with Gasteiger partial charge in [0.2, 0.25) is 0 Å². The van der Waals surface area contributed by atoms with Crippen molar-refractivity contribution in [2.75, 3.05) is 0 Å². The van der Waals surface area contributed by atoms with Gasteiger partial charge in [0.05, 0.1) is 0 Å². The normalized spacial score (nSPS) is 10.0. The number of H-pyrrole nitrogens is 1. The molecule has 0 spiro atoms. The van der Waals surface area contributed by atoms with E-state index in [1.54, 1.807) is 33.2 Å². The molecule has 2 aromatic heterocycles. The molecule has 106 valence electrons. The highest BCUT2D eigenvalue weighted by Crippen LogP contribution is 2.09. The molecule has 0 fully saturated rings. The number of nitrogens with one attached hydrogen (secondary N) is 1. The lowest BCUT2D eigenvalue weighted by Gasteiger charge is -2.19. The second-order valence-electron chi connectivity index (χ2n) is 5.04. The average Bonchev–Trinajstić information content (AvgIpc) is 3.04. The van der Waals surface area contributed by atoms with E-state index in [9.17, 15) is 4.79 Å². The maximum absolute atomic E-state index is 11.9. The van der Waals surface area contributed by atoms with Gasteiger partial charge in [0, 0.05) is 24.8 Å². The van der Waals surface area contributed by atoms with Crippen molar-refractivity contribution >= 4 is 6.09 Å². The van der Waals surface area contributed by atoms with Gasteiger partial charge in [0.15, 0.2) is 11.6 Å². The monoisotopic (exact) mass is 282 g/mol. The van der Waals surface area contributed by atoms with E-state index in [2.05, 4.69) is 38.6 Å². The SMILES string of the molecule is CC(C)(C)OC(=O)n1ccnc1C#CC#Cc1ncc[nH]1. The number of hydrogen-bond acceptors (Lipinski definition) is 4. The van der Waals surface area contributed by atoms with E-state index in [-0.39, 0.29) is 5.82 Å². The molecular weight excluding hydrogens is 268 g/mol. The lowest BCUT2D eigenvalue weighted by molar-refractivity contribution is 0.0535. The summed E-state index contributed by atoms with van der Waals surface area (Å²) in [7, 11) is 0. The Morgan fingerprint density at radius 1 is 1.24 bits per heavy atom. The van der Waals surface area contributed by atoms with Crippen molar-refractivity contribution in [2.24, 2.45) is 0 Å². The summed E-state index contributed by atoms with van der Waals surface area (Å²) in [5, 5.41) is 0. The van der Waals surface area contributed by atoms with Gasteiger partial charge in [-0.05, 0) is 44.5 Å². The maximum Gasteiger partial charge on any atom is 0.420 e. The molecule has 0 bridgehead atoms. The van der Waals surface area contributed by atoms with Crippen LogP contribution in [0.3, 0.4) is 0 Å². The van der Waals surface area contributed by atoms with E-state index in [0.29, 0.717) is 5.82 Å². The molecule has 0 saturated carbocycles. The minimum atomic E-state index is -0.578. The number of aromatic nitrogens is 4. The first-order valence-electron chi connectivity index (χ1n) is 6.24. The molecule has 0 aliphatic rings. The van der Waals surface area contributed by atoms with E-state index < -0.39 is 11.7 Å². The van der Waals surface area contributed by atoms with Crippen LogP contribution in [-0.2, 0) is 4.74 Å². The Balaban J connectivity index is 2.13. The van der Waals surface area contributed by atoms with Crippen molar-refractivity contribution in [2.45, 2.75) is 26.4 Å². The number of ether oxygens (including phenoxy) is 1. The summed E-state index contributed by atoms with van der Waals surface area (Å²) < 4.78 is 6.50. The third-order valence-electron chi connectivity index (χ3n) is 2.15. The molecule has 2 aromatic rings. The Morgan fingerprint density at radius 3 is 2.67 bits per heavy atom. The molecule has 0 aromatic carbocycles. The number of nitrogens with zero attached hydrogens (tertiary/aromatic N) is 3. The van der Waals surface area contributed by atoms with E-state index in [4.69, 9.17) is 4.74 Å². The number of rotatable bonds is 0. The zero-order chi connectivity index (χ0) is 15.3. The lowest BCUT2D eigenvalue weighted by atomic mass is 10.2. The zero-order valence-corrected chi connectivity index (χ0v) is 12.0. The Kier molecular flexibility index (Phi) is 4.10. The van der Waals surface area contributed by atoms with Crippen LogP contribution in [0.1, 0.15) is 32.4 Å². The largest absolute Gasteiger partial charge is 0.443 e. The molecule has 6 nitrogen and oxygen atoms in total.